The Morgan fingerprint density at radius 2 is 1.90 bits per heavy atom. The van der Waals surface area contributed by atoms with E-state index < -0.39 is 24.5 Å². The number of hydrogen-bond acceptors (Lipinski definition) is 6. The number of benzene rings is 1. The fraction of sp³-hybridized carbons (Fsp3) is 0.143. The molecule has 29 heavy (non-hydrogen) atoms. The first kappa shape index (κ1) is 18.9. The average Bonchev–Trinajstić information content (AvgIpc) is 3.43. The predicted octanol–water partition coefficient (Wildman–Crippen LogP) is 3.86. The van der Waals surface area contributed by atoms with E-state index in [4.69, 9.17) is 20.8 Å². The molecule has 1 aliphatic rings. The highest BCUT2D eigenvalue weighted by Crippen LogP contribution is 2.33. The number of pyridine rings is 1. The molecule has 146 valence electrons. The summed E-state index contributed by atoms with van der Waals surface area (Å²) in [5.74, 6) is -0.444. The van der Waals surface area contributed by atoms with Crippen LogP contribution >= 0.6 is 11.6 Å². The second-order valence-electron chi connectivity index (χ2n) is 6.34. The van der Waals surface area contributed by atoms with Crippen LogP contribution in [0.3, 0.4) is 0 Å². The molecule has 1 amide bonds. The minimum Gasteiger partial charge on any atom is -0.467 e. The summed E-state index contributed by atoms with van der Waals surface area (Å²) in [7, 11) is 0. The number of rotatable bonds is 5. The van der Waals surface area contributed by atoms with E-state index in [-0.39, 0.29) is 0 Å². The fourth-order valence-electron chi connectivity index (χ4n) is 3.02. The van der Waals surface area contributed by atoms with Crippen molar-refractivity contribution >= 4 is 29.2 Å². The number of aromatic nitrogens is 1. The third kappa shape index (κ3) is 4.20. The van der Waals surface area contributed by atoms with E-state index in [2.05, 4.69) is 10.1 Å². The fourth-order valence-corrected chi connectivity index (χ4v) is 3.15. The molecule has 0 saturated carbocycles. The van der Waals surface area contributed by atoms with Crippen LogP contribution in [0.25, 0.3) is 0 Å². The molecular formula is C21H16ClN3O4. The predicted molar refractivity (Wildman–Crippen MR) is 105 cm³/mol. The second-order valence-corrected chi connectivity index (χ2v) is 6.78. The van der Waals surface area contributed by atoms with Crippen molar-refractivity contribution in [2.24, 2.45) is 5.10 Å². The molecular weight excluding hydrogens is 394 g/mol. The molecule has 0 N–H and O–H groups in total. The van der Waals surface area contributed by atoms with E-state index in [1.54, 1.807) is 30.5 Å². The third-order valence-corrected chi connectivity index (χ3v) is 4.71. The molecule has 0 unspecified atom stereocenters. The summed E-state index contributed by atoms with van der Waals surface area (Å²) in [6.45, 7) is -0.435. The summed E-state index contributed by atoms with van der Waals surface area (Å²) in [6, 6.07) is 13.4. The number of hydrogen-bond donors (Lipinski definition) is 0. The molecule has 0 bridgehead atoms. The van der Waals surface area contributed by atoms with Gasteiger partial charge in [0.05, 0.1) is 17.5 Å². The van der Waals surface area contributed by atoms with Crippen molar-refractivity contribution in [2.75, 3.05) is 6.61 Å². The highest BCUT2D eigenvalue weighted by atomic mass is 35.5. The maximum atomic E-state index is 12.8. The maximum Gasteiger partial charge on any atom is 0.338 e. The van der Waals surface area contributed by atoms with Crippen LogP contribution in [0.4, 0.5) is 0 Å². The van der Waals surface area contributed by atoms with Gasteiger partial charge in [-0.1, -0.05) is 23.7 Å². The number of carbonyl (C=O) groups is 2. The molecule has 0 fully saturated rings. The van der Waals surface area contributed by atoms with Crippen molar-refractivity contribution in [3.8, 4) is 0 Å². The lowest BCUT2D eigenvalue weighted by Crippen LogP contribution is -2.31. The minimum absolute atomic E-state index is 0.321. The highest BCUT2D eigenvalue weighted by Gasteiger charge is 2.35. The van der Waals surface area contributed by atoms with Gasteiger partial charge < -0.3 is 9.15 Å². The van der Waals surface area contributed by atoms with Crippen LogP contribution in [0, 0.1) is 0 Å². The minimum atomic E-state index is -0.601. The van der Waals surface area contributed by atoms with Crippen molar-refractivity contribution < 1.29 is 18.7 Å². The maximum absolute atomic E-state index is 12.8. The summed E-state index contributed by atoms with van der Waals surface area (Å²) >= 11 is 5.96. The zero-order chi connectivity index (χ0) is 20.2. The normalized spacial score (nSPS) is 15.8. The molecule has 0 radical (unpaired) electrons. The summed E-state index contributed by atoms with van der Waals surface area (Å²) in [5, 5.41) is 6.40. The van der Waals surface area contributed by atoms with Crippen molar-refractivity contribution in [3.05, 3.63) is 89.1 Å². The summed E-state index contributed by atoms with van der Waals surface area (Å²) in [4.78, 5) is 28.7. The van der Waals surface area contributed by atoms with Crippen LogP contribution in [0.5, 0.6) is 0 Å². The van der Waals surface area contributed by atoms with E-state index >= 15 is 0 Å². The molecule has 8 heteroatoms. The lowest BCUT2D eigenvalue weighted by molar-refractivity contribution is -0.136. The zero-order valence-corrected chi connectivity index (χ0v) is 16.0. The molecule has 3 aromatic rings. The van der Waals surface area contributed by atoms with Gasteiger partial charge in [0.15, 0.2) is 6.61 Å². The Kier molecular flexibility index (Phi) is 5.39. The molecule has 0 aliphatic carbocycles. The quantitative estimate of drug-likeness (QED) is 0.597. The van der Waals surface area contributed by atoms with Crippen molar-refractivity contribution in [1.29, 1.82) is 0 Å². The third-order valence-electron chi connectivity index (χ3n) is 4.46. The standard InChI is InChI=1S/C21H16ClN3O4/c22-16-5-3-14(4-6-16)17-12-18(19-2-1-11-28-19)25(24-17)20(26)13-29-21(27)15-7-9-23-10-8-15/h1-11,18H,12-13H2/t18-/m0/s1. The monoisotopic (exact) mass is 409 g/mol. The molecule has 0 spiro atoms. The molecule has 7 nitrogen and oxygen atoms in total. The van der Waals surface area contributed by atoms with Crippen LogP contribution in [0.15, 0.2) is 76.7 Å². The topological polar surface area (TPSA) is 85.0 Å². The number of carbonyl (C=O) groups excluding carboxylic acids is 2. The number of esters is 1. The van der Waals surface area contributed by atoms with Gasteiger partial charge in [-0.3, -0.25) is 9.78 Å². The molecule has 4 rings (SSSR count). The lowest BCUT2D eigenvalue weighted by Gasteiger charge is -2.19. The molecule has 1 aliphatic heterocycles. The average molecular weight is 410 g/mol. The van der Waals surface area contributed by atoms with E-state index in [9.17, 15) is 9.59 Å². The van der Waals surface area contributed by atoms with Crippen LogP contribution in [-0.4, -0.2) is 34.2 Å². The molecule has 1 atom stereocenters. The van der Waals surface area contributed by atoms with E-state index in [1.165, 1.54) is 29.5 Å². The van der Waals surface area contributed by atoms with Crippen LogP contribution in [-0.2, 0) is 9.53 Å². The van der Waals surface area contributed by atoms with Gasteiger partial charge in [0.25, 0.3) is 5.91 Å². The molecule has 2 aromatic heterocycles. The smallest absolute Gasteiger partial charge is 0.338 e. The van der Waals surface area contributed by atoms with Crippen LogP contribution in [0.1, 0.15) is 34.1 Å². The number of furan rings is 1. The summed E-state index contributed by atoms with van der Waals surface area (Å²) in [6.07, 6.45) is 4.98. The number of nitrogens with zero attached hydrogens (tertiary/aromatic N) is 3. The van der Waals surface area contributed by atoms with Crippen molar-refractivity contribution in [1.82, 2.24) is 9.99 Å². The van der Waals surface area contributed by atoms with Gasteiger partial charge >= 0.3 is 5.97 Å². The van der Waals surface area contributed by atoms with Gasteiger partial charge in [0, 0.05) is 23.8 Å². The van der Waals surface area contributed by atoms with Gasteiger partial charge in [-0.15, -0.1) is 0 Å². The van der Waals surface area contributed by atoms with Crippen molar-refractivity contribution in [3.63, 3.8) is 0 Å². The number of amides is 1. The first-order chi connectivity index (χ1) is 14.1. The Balaban J connectivity index is 1.52. The van der Waals surface area contributed by atoms with E-state index in [1.807, 2.05) is 12.1 Å². The molecule has 1 aromatic carbocycles. The second kappa shape index (κ2) is 8.28. The first-order valence-electron chi connectivity index (χ1n) is 8.88. The number of hydrazone groups is 1. The van der Waals surface area contributed by atoms with Gasteiger partial charge in [0.2, 0.25) is 0 Å². The largest absolute Gasteiger partial charge is 0.467 e. The Hall–Kier alpha value is -3.45. The van der Waals surface area contributed by atoms with E-state index in [0.717, 1.165) is 11.3 Å². The van der Waals surface area contributed by atoms with Crippen LogP contribution in [0.2, 0.25) is 5.02 Å². The van der Waals surface area contributed by atoms with Crippen LogP contribution < -0.4 is 0 Å². The van der Waals surface area contributed by atoms with E-state index in [0.29, 0.717) is 22.8 Å². The van der Waals surface area contributed by atoms with Crippen molar-refractivity contribution in [2.45, 2.75) is 12.5 Å². The molecule has 0 saturated heterocycles. The summed E-state index contributed by atoms with van der Waals surface area (Å²) < 4.78 is 10.6. The van der Waals surface area contributed by atoms with Gasteiger partial charge in [-0.25, -0.2) is 9.80 Å². The first-order valence-corrected chi connectivity index (χ1v) is 9.25. The Morgan fingerprint density at radius 3 is 2.59 bits per heavy atom. The Labute approximate surface area is 171 Å². The SMILES string of the molecule is O=C(OCC(=O)N1N=C(c2ccc(Cl)cc2)C[C@H]1c1ccco1)c1ccncc1. The Morgan fingerprint density at radius 1 is 1.14 bits per heavy atom. The molecule has 3 heterocycles. The van der Waals surface area contributed by atoms with Gasteiger partial charge in [-0.05, 0) is 42.0 Å². The Bertz CT molecular complexity index is 1030. The number of halogens is 1. The zero-order valence-electron chi connectivity index (χ0n) is 15.2. The number of ether oxygens (including phenoxy) is 1. The van der Waals surface area contributed by atoms with Gasteiger partial charge in [0.1, 0.15) is 11.8 Å². The van der Waals surface area contributed by atoms with Gasteiger partial charge in [-0.2, -0.15) is 5.10 Å². The lowest BCUT2D eigenvalue weighted by atomic mass is 10.0. The highest BCUT2D eigenvalue weighted by molar-refractivity contribution is 6.30. The summed E-state index contributed by atoms with van der Waals surface area (Å²) in [5.41, 5.74) is 1.90.